The number of hydrogen-bond acceptors (Lipinski definition) is 0. The molecule has 0 saturated heterocycles. The topological polar surface area (TPSA) is 0 Å². The van der Waals surface area contributed by atoms with Crippen LogP contribution in [0.25, 0.3) is 0 Å². The van der Waals surface area contributed by atoms with Crippen molar-refractivity contribution in [1.29, 1.82) is 0 Å². The molecule has 1 aliphatic rings. The van der Waals surface area contributed by atoms with Crippen LogP contribution in [-0.4, -0.2) is 0 Å². The maximum atomic E-state index is 3.31. The standard InChI is InChI=1S/C13H21/c1-2-4-6-8-10-12-13-11-9-7-5-3-1/h1-2,8H,3-5,7,9-13H2/b2-1+,8-6?. The zero-order chi connectivity index (χ0) is 9.19. The maximum Gasteiger partial charge on any atom is -0.00979 e. The summed E-state index contributed by atoms with van der Waals surface area (Å²) < 4.78 is 0. The summed E-state index contributed by atoms with van der Waals surface area (Å²) in [7, 11) is 0. The van der Waals surface area contributed by atoms with Crippen LogP contribution < -0.4 is 0 Å². The predicted molar refractivity (Wildman–Crippen MR) is 58.5 cm³/mol. The van der Waals surface area contributed by atoms with Crippen LogP contribution in [0.1, 0.15) is 57.8 Å². The van der Waals surface area contributed by atoms with Crippen molar-refractivity contribution in [1.82, 2.24) is 0 Å². The second kappa shape index (κ2) is 8.10. The van der Waals surface area contributed by atoms with E-state index in [1.807, 2.05) is 0 Å². The fraction of sp³-hybridized carbons (Fsp3) is 0.692. The SMILES string of the molecule is [C]1=C/CCCCCCCC/C=C/C/1. The van der Waals surface area contributed by atoms with Crippen LogP contribution in [0.2, 0.25) is 0 Å². The van der Waals surface area contributed by atoms with Crippen molar-refractivity contribution in [2.24, 2.45) is 0 Å². The molecule has 0 aromatic carbocycles. The molecule has 0 atom stereocenters. The van der Waals surface area contributed by atoms with Crippen molar-refractivity contribution in [3.05, 3.63) is 24.3 Å². The first-order valence-electron chi connectivity index (χ1n) is 5.70. The van der Waals surface area contributed by atoms with Crippen LogP contribution in [-0.2, 0) is 0 Å². The molecule has 0 nitrogen and oxygen atoms in total. The molecule has 0 heteroatoms. The van der Waals surface area contributed by atoms with E-state index in [4.69, 9.17) is 0 Å². The van der Waals surface area contributed by atoms with Gasteiger partial charge >= 0.3 is 0 Å². The first-order valence-corrected chi connectivity index (χ1v) is 5.70. The molecule has 0 aromatic heterocycles. The van der Waals surface area contributed by atoms with Gasteiger partial charge in [0, 0.05) is 0 Å². The molecule has 13 heavy (non-hydrogen) atoms. The Hall–Kier alpha value is -0.520. The van der Waals surface area contributed by atoms with Gasteiger partial charge in [0.25, 0.3) is 0 Å². The van der Waals surface area contributed by atoms with E-state index in [2.05, 4.69) is 24.3 Å². The third-order valence-corrected chi connectivity index (χ3v) is 2.52. The molecule has 0 amide bonds. The first-order chi connectivity index (χ1) is 6.50. The van der Waals surface area contributed by atoms with Gasteiger partial charge in [-0.05, 0) is 38.2 Å². The monoisotopic (exact) mass is 177 g/mol. The number of allylic oxidation sites excluding steroid dienone is 4. The summed E-state index contributed by atoms with van der Waals surface area (Å²) in [6.07, 6.45) is 22.0. The van der Waals surface area contributed by atoms with Gasteiger partial charge in [0.1, 0.15) is 0 Å². The van der Waals surface area contributed by atoms with Crippen LogP contribution in [0.15, 0.2) is 18.2 Å². The fourth-order valence-corrected chi connectivity index (χ4v) is 1.67. The highest BCUT2D eigenvalue weighted by Crippen LogP contribution is 2.10. The third-order valence-electron chi connectivity index (χ3n) is 2.52. The molecule has 0 bridgehead atoms. The molecule has 0 fully saturated rings. The summed E-state index contributed by atoms with van der Waals surface area (Å²) in [5.41, 5.74) is 0. The van der Waals surface area contributed by atoms with Crippen molar-refractivity contribution in [3.8, 4) is 0 Å². The van der Waals surface area contributed by atoms with Crippen molar-refractivity contribution >= 4 is 0 Å². The molecule has 0 aliphatic heterocycles. The minimum absolute atomic E-state index is 1.01. The molecular formula is C13H21. The Morgan fingerprint density at radius 2 is 1.38 bits per heavy atom. The van der Waals surface area contributed by atoms with E-state index in [0.717, 1.165) is 6.42 Å². The lowest BCUT2D eigenvalue weighted by Crippen LogP contribution is -1.78. The minimum Gasteiger partial charge on any atom is -0.0882 e. The van der Waals surface area contributed by atoms with Gasteiger partial charge < -0.3 is 0 Å². The zero-order valence-electron chi connectivity index (χ0n) is 8.60. The van der Waals surface area contributed by atoms with Gasteiger partial charge in [-0.3, -0.25) is 0 Å². The van der Waals surface area contributed by atoms with Gasteiger partial charge in [-0.15, -0.1) is 0 Å². The van der Waals surface area contributed by atoms with Crippen LogP contribution in [0, 0.1) is 6.08 Å². The molecule has 73 valence electrons. The highest BCUT2D eigenvalue weighted by Gasteiger charge is 1.90. The van der Waals surface area contributed by atoms with Crippen molar-refractivity contribution < 1.29 is 0 Å². The summed E-state index contributed by atoms with van der Waals surface area (Å²) in [5, 5.41) is 0. The van der Waals surface area contributed by atoms with Crippen molar-refractivity contribution in [2.75, 3.05) is 0 Å². The quantitative estimate of drug-likeness (QED) is 0.480. The third kappa shape index (κ3) is 6.62. The van der Waals surface area contributed by atoms with E-state index in [1.54, 1.807) is 0 Å². The summed E-state index contributed by atoms with van der Waals surface area (Å²) in [5.74, 6) is 0. The van der Waals surface area contributed by atoms with Gasteiger partial charge in [0.2, 0.25) is 0 Å². The molecule has 0 unspecified atom stereocenters. The van der Waals surface area contributed by atoms with Gasteiger partial charge in [-0.1, -0.05) is 43.9 Å². The lowest BCUT2D eigenvalue weighted by Gasteiger charge is -1.98. The fourth-order valence-electron chi connectivity index (χ4n) is 1.67. The summed E-state index contributed by atoms with van der Waals surface area (Å²) in [6.45, 7) is 0. The molecule has 0 aromatic rings. The predicted octanol–water partition coefficient (Wildman–Crippen LogP) is 4.43. The first kappa shape index (κ1) is 10.6. The van der Waals surface area contributed by atoms with Crippen LogP contribution in [0.3, 0.4) is 0 Å². The van der Waals surface area contributed by atoms with Crippen molar-refractivity contribution in [3.63, 3.8) is 0 Å². The van der Waals surface area contributed by atoms with Gasteiger partial charge in [0.05, 0.1) is 0 Å². The number of hydrogen-bond donors (Lipinski definition) is 0. The average Bonchev–Trinajstić information content (AvgIpc) is 2.18. The van der Waals surface area contributed by atoms with Crippen LogP contribution in [0.4, 0.5) is 0 Å². The summed E-state index contributed by atoms with van der Waals surface area (Å²) >= 11 is 0. The number of rotatable bonds is 0. The van der Waals surface area contributed by atoms with Gasteiger partial charge in [-0.25, -0.2) is 0 Å². The van der Waals surface area contributed by atoms with E-state index < -0.39 is 0 Å². The van der Waals surface area contributed by atoms with Gasteiger partial charge in [0.15, 0.2) is 0 Å². The molecular weight excluding hydrogens is 156 g/mol. The molecule has 0 spiro atoms. The molecule has 1 radical (unpaired) electrons. The maximum absolute atomic E-state index is 3.31. The minimum atomic E-state index is 1.01. The van der Waals surface area contributed by atoms with E-state index in [-0.39, 0.29) is 0 Å². The average molecular weight is 177 g/mol. The normalized spacial score (nSPS) is 26.5. The molecule has 0 heterocycles. The highest BCUT2D eigenvalue weighted by atomic mass is 14.0. The van der Waals surface area contributed by atoms with Crippen LogP contribution >= 0.6 is 0 Å². The van der Waals surface area contributed by atoms with Crippen LogP contribution in [0.5, 0.6) is 0 Å². The zero-order valence-corrected chi connectivity index (χ0v) is 8.60. The Labute approximate surface area is 82.7 Å². The lowest BCUT2D eigenvalue weighted by molar-refractivity contribution is 0.600. The summed E-state index contributed by atoms with van der Waals surface area (Å²) in [6, 6.07) is 0. The Bertz CT molecular complexity index is 135. The second-order valence-corrected chi connectivity index (χ2v) is 3.78. The Kier molecular flexibility index (Phi) is 6.58. The Morgan fingerprint density at radius 3 is 2.23 bits per heavy atom. The van der Waals surface area contributed by atoms with Crippen molar-refractivity contribution in [2.45, 2.75) is 57.8 Å². The summed E-state index contributed by atoms with van der Waals surface area (Å²) in [4.78, 5) is 0. The molecule has 1 aliphatic carbocycles. The van der Waals surface area contributed by atoms with Gasteiger partial charge in [-0.2, -0.15) is 0 Å². The second-order valence-electron chi connectivity index (χ2n) is 3.78. The Balaban J connectivity index is 2.18. The molecule has 0 saturated carbocycles. The molecule has 0 N–H and O–H groups in total. The van der Waals surface area contributed by atoms with E-state index in [1.165, 1.54) is 51.4 Å². The smallest absolute Gasteiger partial charge is 0.00979 e. The Morgan fingerprint density at radius 1 is 0.692 bits per heavy atom. The largest absolute Gasteiger partial charge is 0.0882 e. The highest BCUT2D eigenvalue weighted by molar-refractivity contribution is 4.88. The van der Waals surface area contributed by atoms with E-state index in [0.29, 0.717) is 0 Å². The van der Waals surface area contributed by atoms with E-state index in [9.17, 15) is 0 Å². The lowest BCUT2D eigenvalue weighted by atomic mass is 10.1. The molecule has 1 rings (SSSR count). The van der Waals surface area contributed by atoms with E-state index >= 15 is 0 Å².